The van der Waals surface area contributed by atoms with Gasteiger partial charge < -0.3 is 10.2 Å². The molecule has 0 spiro atoms. The molecule has 27 heavy (non-hydrogen) atoms. The first-order chi connectivity index (χ1) is 13.0. The maximum absolute atomic E-state index is 11.7. The third-order valence-corrected chi connectivity index (χ3v) is 6.95. The van der Waals surface area contributed by atoms with Crippen molar-refractivity contribution in [3.8, 4) is 0 Å². The lowest BCUT2D eigenvalue weighted by Crippen LogP contribution is -2.31. The highest BCUT2D eigenvalue weighted by molar-refractivity contribution is 8.01. The lowest BCUT2D eigenvalue weighted by atomic mass is 9.88. The third kappa shape index (κ3) is 6.81. The number of hydrogen-bond donors (Lipinski definition) is 2. The van der Waals surface area contributed by atoms with E-state index in [1.165, 1.54) is 35.9 Å². The van der Waals surface area contributed by atoms with E-state index in [2.05, 4.69) is 11.9 Å². The Bertz CT molecular complexity index is 713. The number of carbonyl (C=O) groups is 2. The van der Waals surface area contributed by atoms with Gasteiger partial charge in [0, 0.05) is 5.75 Å². The molecule has 1 aromatic carbocycles. The Morgan fingerprint density at radius 2 is 1.70 bits per heavy atom. The van der Waals surface area contributed by atoms with Crippen LogP contribution in [0.4, 0.5) is 0 Å². The number of rotatable bonds is 13. The molecule has 2 atom stereocenters. The largest absolute Gasteiger partial charge is 0.481 e. The van der Waals surface area contributed by atoms with E-state index < -0.39 is 23.8 Å². The Morgan fingerprint density at radius 3 is 2.37 bits per heavy atom. The number of carboxylic acid groups (broad SMARTS) is 2. The molecular formula is C20H27NO4S2. The molecular weight excluding hydrogens is 382 g/mol. The summed E-state index contributed by atoms with van der Waals surface area (Å²) in [5, 5.41) is 19.1. The molecule has 1 aromatic heterocycles. The van der Waals surface area contributed by atoms with Gasteiger partial charge in [-0.05, 0) is 18.6 Å². The van der Waals surface area contributed by atoms with Gasteiger partial charge in [0.2, 0.25) is 0 Å². The number of aliphatic carboxylic acids is 2. The molecule has 2 aromatic rings. The molecule has 0 aliphatic heterocycles. The lowest BCUT2D eigenvalue weighted by Gasteiger charge is -2.19. The average molecular weight is 410 g/mol. The monoisotopic (exact) mass is 409 g/mol. The zero-order valence-electron chi connectivity index (χ0n) is 15.6. The van der Waals surface area contributed by atoms with Crippen LogP contribution in [0.25, 0.3) is 10.2 Å². The van der Waals surface area contributed by atoms with Crippen LogP contribution in [0, 0.1) is 11.8 Å². The molecule has 7 heteroatoms. The molecule has 148 valence electrons. The first kappa shape index (κ1) is 21.7. The fourth-order valence-corrected chi connectivity index (χ4v) is 5.34. The summed E-state index contributed by atoms with van der Waals surface area (Å²) in [6.45, 7) is 2.15. The number of nitrogens with zero attached hydrogens (tertiary/aromatic N) is 1. The van der Waals surface area contributed by atoms with E-state index >= 15 is 0 Å². The standard InChI is InChI=1S/C20H27NO4S2/c1-2-3-4-5-6-7-10-14(18(22)23)15(19(24)25)13-26-20-21-16-11-8-9-12-17(16)27-20/h8-9,11-12,14-15H,2-7,10,13H2,1H3,(H,22,23)(H,24,25). The summed E-state index contributed by atoms with van der Waals surface area (Å²) in [6, 6.07) is 7.75. The van der Waals surface area contributed by atoms with Crippen molar-refractivity contribution in [2.75, 3.05) is 5.75 Å². The van der Waals surface area contributed by atoms with Crippen LogP contribution in [0.1, 0.15) is 51.9 Å². The average Bonchev–Trinajstić information content (AvgIpc) is 3.05. The van der Waals surface area contributed by atoms with Crippen molar-refractivity contribution in [1.29, 1.82) is 0 Å². The quantitative estimate of drug-likeness (QED) is 0.333. The Balaban J connectivity index is 1.93. The first-order valence-electron chi connectivity index (χ1n) is 9.47. The summed E-state index contributed by atoms with van der Waals surface area (Å²) in [6.07, 6.45) is 6.74. The molecule has 0 radical (unpaired) electrons. The summed E-state index contributed by atoms with van der Waals surface area (Å²) in [5.74, 6) is -3.59. The SMILES string of the molecule is CCCCCCCCC(C(=O)O)C(CSc1nc2ccccc2s1)C(=O)O. The first-order valence-corrected chi connectivity index (χ1v) is 11.3. The van der Waals surface area contributed by atoms with Gasteiger partial charge in [-0.3, -0.25) is 9.59 Å². The number of fused-ring (bicyclic) bond motifs is 1. The molecule has 0 fully saturated rings. The molecule has 2 N–H and O–H groups in total. The van der Waals surface area contributed by atoms with Gasteiger partial charge in [-0.15, -0.1) is 11.3 Å². The normalized spacial score (nSPS) is 13.5. The molecule has 1 heterocycles. The molecule has 0 amide bonds. The zero-order chi connectivity index (χ0) is 19.6. The van der Waals surface area contributed by atoms with Crippen molar-refractivity contribution in [3.05, 3.63) is 24.3 Å². The van der Waals surface area contributed by atoms with Crippen molar-refractivity contribution >= 4 is 45.3 Å². The highest BCUT2D eigenvalue weighted by atomic mass is 32.2. The molecule has 0 aliphatic carbocycles. The van der Waals surface area contributed by atoms with E-state index in [4.69, 9.17) is 0 Å². The Hall–Kier alpha value is -1.60. The smallest absolute Gasteiger partial charge is 0.308 e. The van der Waals surface area contributed by atoms with E-state index in [1.807, 2.05) is 24.3 Å². The fourth-order valence-electron chi connectivity index (χ4n) is 3.07. The van der Waals surface area contributed by atoms with Crippen LogP contribution in [0.2, 0.25) is 0 Å². The summed E-state index contributed by atoms with van der Waals surface area (Å²) in [5.41, 5.74) is 0.888. The van der Waals surface area contributed by atoms with Gasteiger partial charge in [0.05, 0.1) is 22.1 Å². The number of benzene rings is 1. The maximum atomic E-state index is 11.7. The van der Waals surface area contributed by atoms with Crippen molar-refractivity contribution in [3.63, 3.8) is 0 Å². The fraction of sp³-hybridized carbons (Fsp3) is 0.550. The van der Waals surface area contributed by atoms with Crippen LogP contribution in [-0.2, 0) is 9.59 Å². The predicted molar refractivity (Wildman–Crippen MR) is 111 cm³/mol. The molecule has 2 unspecified atom stereocenters. The number of hydrogen-bond acceptors (Lipinski definition) is 5. The van der Waals surface area contributed by atoms with Gasteiger partial charge in [0.15, 0.2) is 4.34 Å². The molecule has 0 saturated heterocycles. The molecule has 0 aliphatic rings. The van der Waals surface area contributed by atoms with E-state index in [1.54, 1.807) is 0 Å². The zero-order valence-corrected chi connectivity index (χ0v) is 17.2. The minimum absolute atomic E-state index is 0.224. The Morgan fingerprint density at radius 1 is 1.04 bits per heavy atom. The summed E-state index contributed by atoms with van der Waals surface area (Å²) >= 11 is 2.85. The van der Waals surface area contributed by atoms with E-state index in [0.717, 1.165) is 40.2 Å². The number of thiazole rings is 1. The third-order valence-electron chi connectivity index (χ3n) is 4.65. The lowest BCUT2D eigenvalue weighted by molar-refractivity contribution is -0.153. The number of unbranched alkanes of at least 4 members (excludes halogenated alkanes) is 5. The van der Waals surface area contributed by atoms with Crippen LogP contribution in [0.15, 0.2) is 28.6 Å². The van der Waals surface area contributed by atoms with Crippen LogP contribution in [-0.4, -0.2) is 32.9 Å². The summed E-state index contributed by atoms with van der Waals surface area (Å²) in [4.78, 5) is 27.9. The van der Waals surface area contributed by atoms with E-state index in [-0.39, 0.29) is 5.75 Å². The second-order valence-corrected chi connectivity index (χ2v) is 9.00. The topological polar surface area (TPSA) is 87.5 Å². The molecule has 5 nitrogen and oxygen atoms in total. The van der Waals surface area contributed by atoms with Crippen LogP contribution >= 0.6 is 23.1 Å². The molecule has 0 saturated carbocycles. The van der Waals surface area contributed by atoms with Crippen LogP contribution in [0.3, 0.4) is 0 Å². The number of thioether (sulfide) groups is 1. The minimum Gasteiger partial charge on any atom is -0.481 e. The van der Waals surface area contributed by atoms with E-state index in [9.17, 15) is 19.8 Å². The van der Waals surface area contributed by atoms with Crippen molar-refractivity contribution in [2.24, 2.45) is 11.8 Å². The highest BCUT2D eigenvalue weighted by Gasteiger charge is 2.33. The van der Waals surface area contributed by atoms with Gasteiger partial charge in [-0.25, -0.2) is 4.98 Å². The van der Waals surface area contributed by atoms with Crippen molar-refractivity contribution in [2.45, 2.75) is 56.2 Å². The second-order valence-electron chi connectivity index (χ2n) is 6.70. The maximum Gasteiger partial charge on any atom is 0.308 e. The second kappa shape index (κ2) is 11.3. The predicted octanol–water partition coefficient (Wildman–Crippen LogP) is 5.54. The van der Waals surface area contributed by atoms with Crippen LogP contribution < -0.4 is 0 Å². The van der Waals surface area contributed by atoms with E-state index in [0.29, 0.717) is 6.42 Å². The Kier molecular flexibility index (Phi) is 9.07. The Labute approximate surface area is 168 Å². The van der Waals surface area contributed by atoms with Gasteiger partial charge in [0.25, 0.3) is 0 Å². The van der Waals surface area contributed by atoms with Gasteiger partial charge in [0.1, 0.15) is 0 Å². The summed E-state index contributed by atoms with van der Waals surface area (Å²) in [7, 11) is 0. The van der Waals surface area contributed by atoms with Gasteiger partial charge in [-0.1, -0.05) is 69.3 Å². The van der Waals surface area contributed by atoms with Gasteiger partial charge >= 0.3 is 11.9 Å². The minimum atomic E-state index is -1.04. The highest BCUT2D eigenvalue weighted by Crippen LogP contribution is 2.33. The van der Waals surface area contributed by atoms with Crippen LogP contribution in [0.5, 0.6) is 0 Å². The summed E-state index contributed by atoms with van der Waals surface area (Å²) < 4.78 is 1.83. The number of para-hydroxylation sites is 1. The van der Waals surface area contributed by atoms with Gasteiger partial charge in [-0.2, -0.15) is 0 Å². The number of carboxylic acids is 2. The van der Waals surface area contributed by atoms with Crippen molar-refractivity contribution < 1.29 is 19.8 Å². The number of aromatic nitrogens is 1. The molecule has 0 bridgehead atoms. The molecule has 2 rings (SSSR count). The van der Waals surface area contributed by atoms with Crippen molar-refractivity contribution in [1.82, 2.24) is 4.98 Å².